The molecule has 1 amide bonds. The van der Waals surface area contributed by atoms with Crippen LogP contribution in [-0.4, -0.2) is 17.4 Å². The number of carbonyl (C=O) groups is 1. The van der Waals surface area contributed by atoms with Gasteiger partial charge < -0.3 is 11.1 Å². The van der Waals surface area contributed by atoms with Gasteiger partial charge in [-0.1, -0.05) is 55.5 Å². The number of anilines is 1. The molecule has 1 aromatic heterocycles. The number of amides is 1. The van der Waals surface area contributed by atoms with E-state index in [-0.39, 0.29) is 11.3 Å². The summed E-state index contributed by atoms with van der Waals surface area (Å²) in [6.07, 6.45) is 0. The van der Waals surface area contributed by atoms with Crippen LogP contribution in [0.3, 0.4) is 0 Å². The quantitative estimate of drug-likeness (QED) is 0.909. The summed E-state index contributed by atoms with van der Waals surface area (Å²) in [5, 5.41) is 3.39. The lowest BCUT2D eigenvalue weighted by molar-refractivity contribution is 0.0949. The number of hydrogen-bond acceptors (Lipinski definition) is 4. The van der Waals surface area contributed by atoms with Crippen LogP contribution in [0, 0.1) is 6.92 Å². The monoisotopic (exact) mass is 289 g/mol. The summed E-state index contributed by atoms with van der Waals surface area (Å²) in [7, 11) is 0. The molecule has 2 aromatic rings. The molecular weight excluding hydrogens is 270 g/mol. The summed E-state index contributed by atoms with van der Waals surface area (Å²) in [5.74, 6) is -0.110. The number of benzene rings is 1. The van der Waals surface area contributed by atoms with Gasteiger partial charge in [0.25, 0.3) is 5.91 Å². The van der Waals surface area contributed by atoms with Gasteiger partial charge in [-0.2, -0.15) is 0 Å². The van der Waals surface area contributed by atoms with Crippen molar-refractivity contribution in [3.63, 3.8) is 0 Å². The van der Waals surface area contributed by atoms with Crippen LogP contribution in [0.15, 0.2) is 30.3 Å². The second kappa shape index (κ2) is 5.63. The zero-order valence-electron chi connectivity index (χ0n) is 11.9. The molecule has 3 N–H and O–H groups in total. The van der Waals surface area contributed by atoms with Crippen LogP contribution in [0.5, 0.6) is 0 Å². The van der Waals surface area contributed by atoms with E-state index in [2.05, 4.69) is 36.3 Å². The Morgan fingerprint density at radius 1 is 1.35 bits per heavy atom. The molecule has 0 saturated carbocycles. The van der Waals surface area contributed by atoms with E-state index in [9.17, 15) is 4.79 Å². The molecule has 1 heterocycles. The maximum absolute atomic E-state index is 12.2. The van der Waals surface area contributed by atoms with Gasteiger partial charge in [0.2, 0.25) is 0 Å². The lowest BCUT2D eigenvalue weighted by Crippen LogP contribution is -2.36. The first-order valence-corrected chi connectivity index (χ1v) is 7.28. The Bertz CT molecular complexity index is 605. The Morgan fingerprint density at radius 2 is 2.00 bits per heavy atom. The molecule has 2 rings (SSSR count). The summed E-state index contributed by atoms with van der Waals surface area (Å²) in [5.41, 5.74) is 7.37. The first kappa shape index (κ1) is 14.5. The second-order valence-corrected chi connectivity index (χ2v) is 6.43. The standard InChI is InChI=1S/C15H19N3OS/c1-10-12(20-14(16)18-10)13(19)17-9-15(2,3)11-7-5-4-6-8-11/h4-8H,9H2,1-3H3,(H2,16,18)(H,17,19). The summed E-state index contributed by atoms with van der Waals surface area (Å²) in [6, 6.07) is 10.1. The number of hydrogen-bond donors (Lipinski definition) is 2. The molecule has 0 radical (unpaired) electrons. The van der Waals surface area contributed by atoms with Crippen molar-refractivity contribution in [1.29, 1.82) is 0 Å². The van der Waals surface area contributed by atoms with Crippen molar-refractivity contribution < 1.29 is 4.79 Å². The van der Waals surface area contributed by atoms with Crippen molar-refractivity contribution in [3.8, 4) is 0 Å². The number of thiazole rings is 1. The third-order valence-corrected chi connectivity index (χ3v) is 4.25. The van der Waals surface area contributed by atoms with Gasteiger partial charge in [0.15, 0.2) is 5.13 Å². The highest BCUT2D eigenvalue weighted by molar-refractivity contribution is 7.17. The van der Waals surface area contributed by atoms with Crippen molar-refractivity contribution in [2.75, 3.05) is 12.3 Å². The molecule has 0 unspecified atom stereocenters. The van der Waals surface area contributed by atoms with Crippen molar-refractivity contribution in [3.05, 3.63) is 46.5 Å². The Morgan fingerprint density at radius 3 is 2.55 bits per heavy atom. The van der Waals surface area contributed by atoms with Gasteiger partial charge >= 0.3 is 0 Å². The minimum Gasteiger partial charge on any atom is -0.375 e. The molecule has 20 heavy (non-hydrogen) atoms. The first-order chi connectivity index (χ1) is 9.40. The van der Waals surface area contributed by atoms with Crippen LogP contribution in [0.25, 0.3) is 0 Å². The molecule has 0 aliphatic heterocycles. The first-order valence-electron chi connectivity index (χ1n) is 6.47. The van der Waals surface area contributed by atoms with Crippen LogP contribution in [0.1, 0.15) is 34.8 Å². The number of nitrogens with one attached hydrogen (secondary N) is 1. The number of aryl methyl sites for hydroxylation is 1. The number of carbonyl (C=O) groups excluding carboxylic acids is 1. The van der Waals surface area contributed by atoms with Crippen LogP contribution in [0.4, 0.5) is 5.13 Å². The topological polar surface area (TPSA) is 68.0 Å². The fraction of sp³-hybridized carbons (Fsp3) is 0.333. The predicted octanol–water partition coefficient (Wildman–Crippen LogP) is 2.74. The lowest BCUT2D eigenvalue weighted by atomic mass is 9.84. The van der Waals surface area contributed by atoms with Crippen molar-refractivity contribution in [2.45, 2.75) is 26.2 Å². The molecule has 4 nitrogen and oxygen atoms in total. The number of rotatable bonds is 4. The predicted molar refractivity (Wildman–Crippen MR) is 83.1 cm³/mol. The van der Waals surface area contributed by atoms with E-state index in [4.69, 9.17) is 5.73 Å². The van der Waals surface area contributed by atoms with Crippen LogP contribution in [-0.2, 0) is 5.41 Å². The van der Waals surface area contributed by atoms with E-state index >= 15 is 0 Å². The maximum Gasteiger partial charge on any atom is 0.263 e. The normalized spacial score (nSPS) is 11.3. The fourth-order valence-corrected chi connectivity index (χ4v) is 2.75. The van der Waals surface area contributed by atoms with Crippen molar-refractivity contribution in [1.82, 2.24) is 10.3 Å². The van der Waals surface area contributed by atoms with E-state index in [0.29, 0.717) is 22.2 Å². The van der Waals surface area contributed by atoms with Crippen LogP contribution < -0.4 is 11.1 Å². The summed E-state index contributed by atoms with van der Waals surface area (Å²) in [4.78, 5) is 16.8. The second-order valence-electron chi connectivity index (χ2n) is 5.40. The maximum atomic E-state index is 12.2. The molecule has 0 fully saturated rings. The number of nitrogens with zero attached hydrogens (tertiary/aromatic N) is 1. The minimum absolute atomic E-state index is 0.110. The van der Waals surface area contributed by atoms with Gasteiger partial charge in [0, 0.05) is 12.0 Å². The molecule has 0 bridgehead atoms. The highest BCUT2D eigenvalue weighted by atomic mass is 32.1. The average molecular weight is 289 g/mol. The Labute approximate surface area is 123 Å². The molecular formula is C15H19N3OS. The molecule has 0 aliphatic rings. The smallest absolute Gasteiger partial charge is 0.263 e. The Hall–Kier alpha value is -1.88. The van der Waals surface area contributed by atoms with E-state index in [1.165, 1.54) is 16.9 Å². The third-order valence-electron chi connectivity index (χ3n) is 3.27. The van der Waals surface area contributed by atoms with E-state index in [1.807, 2.05) is 18.2 Å². The average Bonchev–Trinajstić information content (AvgIpc) is 2.76. The molecule has 0 spiro atoms. The minimum atomic E-state index is -0.124. The van der Waals surface area contributed by atoms with Gasteiger partial charge in [-0.15, -0.1) is 0 Å². The zero-order valence-corrected chi connectivity index (χ0v) is 12.8. The Balaban J connectivity index is 2.05. The van der Waals surface area contributed by atoms with E-state index < -0.39 is 0 Å². The van der Waals surface area contributed by atoms with Crippen LogP contribution in [0.2, 0.25) is 0 Å². The number of nitrogens with two attached hydrogens (primary N) is 1. The van der Waals surface area contributed by atoms with Crippen molar-refractivity contribution >= 4 is 22.4 Å². The van der Waals surface area contributed by atoms with Crippen molar-refractivity contribution in [2.24, 2.45) is 0 Å². The molecule has 0 aliphatic carbocycles. The van der Waals surface area contributed by atoms with Gasteiger partial charge in [-0.05, 0) is 12.5 Å². The third kappa shape index (κ3) is 3.17. The SMILES string of the molecule is Cc1nc(N)sc1C(=O)NCC(C)(C)c1ccccc1. The molecule has 0 saturated heterocycles. The summed E-state index contributed by atoms with van der Waals surface area (Å²) >= 11 is 1.22. The highest BCUT2D eigenvalue weighted by Gasteiger charge is 2.22. The van der Waals surface area contributed by atoms with Gasteiger partial charge in [0.1, 0.15) is 4.88 Å². The Kier molecular flexibility index (Phi) is 4.09. The van der Waals surface area contributed by atoms with E-state index in [0.717, 1.165) is 0 Å². The fourth-order valence-electron chi connectivity index (χ4n) is 2.00. The molecule has 1 aromatic carbocycles. The van der Waals surface area contributed by atoms with Gasteiger partial charge in [-0.25, -0.2) is 4.98 Å². The summed E-state index contributed by atoms with van der Waals surface area (Å²) in [6.45, 7) is 6.57. The highest BCUT2D eigenvalue weighted by Crippen LogP contribution is 2.23. The molecule has 106 valence electrons. The van der Waals surface area contributed by atoms with Crippen LogP contribution >= 0.6 is 11.3 Å². The summed E-state index contributed by atoms with van der Waals surface area (Å²) < 4.78 is 0. The van der Waals surface area contributed by atoms with Gasteiger partial charge in [-0.3, -0.25) is 4.79 Å². The van der Waals surface area contributed by atoms with E-state index in [1.54, 1.807) is 6.92 Å². The zero-order chi connectivity index (χ0) is 14.8. The molecule has 5 heteroatoms. The van der Waals surface area contributed by atoms with Gasteiger partial charge in [0.05, 0.1) is 5.69 Å². The number of nitrogen functional groups attached to an aromatic ring is 1. The molecule has 0 atom stereocenters. The number of aromatic nitrogens is 1. The lowest BCUT2D eigenvalue weighted by Gasteiger charge is -2.25. The largest absolute Gasteiger partial charge is 0.375 e.